The molecule has 2 N–H and O–H groups in total. The van der Waals surface area contributed by atoms with Gasteiger partial charge >= 0.3 is 0 Å². The average molecular weight is 448 g/mol. The maximum absolute atomic E-state index is 5.95. The average Bonchev–Trinajstić information content (AvgIpc) is 3.41. The van der Waals surface area contributed by atoms with E-state index in [1.54, 1.807) is 0 Å². The van der Waals surface area contributed by atoms with Gasteiger partial charge in [-0.3, -0.25) is 0 Å². The number of nitrogens with one attached hydrogen (secondary N) is 2. The van der Waals surface area contributed by atoms with Crippen LogP contribution in [0.2, 0.25) is 0 Å². The summed E-state index contributed by atoms with van der Waals surface area (Å²) in [5, 5.41) is 6.74. The normalized spacial score (nSPS) is 15.1. The zero-order valence-corrected chi connectivity index (χ0v) is 19.7. The third-order valence-corrected chi connectivity index (χ3v) is 5.54. The lowest BCUT2D eigenvalue weighted by atomic mass is 10.1. The van der Waals surface area contributed by atoms with Crippen LogP contribution in [0.15, 0.2) is 59.9 Å². The molecule has 0 radical (unpaired) electrons. The molecule has 0 fully saturated rings. The number of fused-ring (bicyclic) bond motifs is 1. The van der Waals surface area contributed by atoms with Crippen molar-refractivity contribution in [1.29, 1.82) is 0 Å². The van der Waals surface area contributed by atoms with E-state index in [-0.39, 0.29) is 6.10 Å². The van der Waals surface area contributed by atoms with Crippen molar-refractivity contribution in [3.8, 4) is 11.5 Å². The number of ether oxygens (including phenoxy) is 2. The highest BCUT2D eigenvalue weighted by Gasteiger charge is 2.21. The lowest BCUT2D eigenvalue weighted by Crippen LogP contribution is -2.37. The molecule has 1 aromatic heterocycles. The number of guanidine groups is 1. The van der Waals surface area contributed by atoms with Crippen LogP contribution in [0.25, 0.3) is 0 Å². The molecule has 0 spiro atoms. The Morgan fingerprint density at radius 1 is 1.21 bits per heavy atom. The topological polar surface area (TPSA) is 72.7 Å². The molecule has 0 aliphatic carbocycles. The van der Waals surface area contributed by atoms with Crippen molar-refractivity contribution >= 4 is 5.96 Å². The van der Waals surface area contributed by atoms with E-state index in [9.17, 15) is 0 Å². The molecule has 2 aromatic carbocycles. The molecule has 33 heavy (non-hydrogen) atoms. The van der Waals surface area contributed by atoms with Crippen LogP contribution in [0.5, 0.6) is 11.5 Å². The van der Waals surface area contributed by atoms with Crippen LogP contribution in [-0.4, -0.2) is 34.8 Å². The van der Waals surface area contributed by atoms with Gasteiger partial charge < -0.3 is 24.7 Å². The monoisotopic (exact) mass is 447 g/mol. The zero-order chi connectivity index (χ0) is 23.0. The second-order valence-corrected chi connectivity index (χ2v) is 8.14. The Hall–Kier alpha value is -3.48. The van der Waals surface area contributed by atoms with E-state index >= 15 is 0 Å². The highest BCUT2D eigenvalue weighted by molar-refractivity contribution is 5.79. The first kappa shape index (κ1) is 22.7. The maximum Gasteiger partial charge on any atom is 0.191 e. The third-order valence-electron chi connectivity index (χ3n) is 5.54. The summed E-state index contributed by atoms with van der Waals surface area (Å²) in [6.07, 6.45) is 4.96. The smallest absolute Gasteiger partial charge is 0.191 e. The zero-order valence-electron chi connectivity index (χ0n) is 19.7. The molecule has 0 saturated heterocycles. The van der Waals surface area contributed by atoms with Gasteiger partial charge in [-0.2, -0.15) is 0 Å². The minimum Gasteiger partial charge on any atom is -0.494 e. The molecule has 7 nitrogen and oxygen atoms in total. The summed E-state index contributed by atoms with van der Waals surface area (Å²) in [4.78, 5) is 9.33. The fourth-order valence-electron chi connectivity index (χ4n) is 3.99. The fraction of sp³-hybridized carbons (Fsp3) is 0.385. The summed E-state index contributed by atoms with van der Waals surface area (Å²) < 4.78 is 14.0. The Bertz CT molecular complexity index is 1080. The third kappa shape index (κ3) is 5.86. The Kier molecular flexibility index (Phi) is 7.50. The molecular formula is C26H33N5O2. The van der Waals surface area contributed by atoms with Gasteiger partial charge in [0.15, 0.2) is 5.96 Å². The van der Waals surface area contributed by atoms with E-state index in [1.807, 2.05) is 25.4 Å². The largest absolute Gasteiger partial charge is 0.494 e. The summed E-state index contributed by atoms with van der Waals surface area (Å²) in [7, 11) is 0. The van der Waals surface area contributed by atoms with Crippen molar-refractivity contribution in [1.82, 2.24) is 20.2 Å². The number of imidazole rings is 1. The van der Waals surface area contributed by atoms with Crippen LogP contribution in [0.1, 0.15) is 43.3 Å². The van der Waals surface area contributed by atoms with E-state index < -0.39 is 0 Å². The number of benzene rings is 2. The first-order valence-corrected chi connectivity index (χ1v) is 11.7. The molecule has 1 atom stereocenters. The van der Waals surface area contributed by atoms with Crippen molar-refractivity contribution < 1.29 is 9.47 Å². The molecule has 7 heteroatoms. The van der Waals surface area contributed by atoms with E-state index in [2.05, 4.69) is 70.4 Å². The Morgan fingerprint density at radius 2 is 2.06 bits per heavy atom. The van der Waals surface area contributed by atoms with Crippen molar-refractivity contribution in [2.75, 3.05) is 13.2 Å². The summed E-state index contributed by atoms with van der Waals surface area (Å²) in [5.74, 6) is 3.52. The minimum absolute atomic E-state index is 0.201. The number of hydrogen-bond acceptors (Lipinski definition) is 4. The molecule has 174 valence electrons. The van der Waals surface area contributed by atoms with Crippen molar-refractivity contribution in [2.45, 2.75) is 52.9 Å². The second kappa shape index (κ2) is 10.9. The summed E-state index contributed by atoms with van der Waals surface area (Å²) >= 11 is 0. The number of nitrogens with zero attached hydrogens (tertiary/aromatic N) is 3. The highest BCUT2D eigenvalue weighted by atomic mass is 16.5. The lowest BCUT2D eigenvalue weighted by molar-refractivity contribution is 0.254. The van der Waals surface area contributed by atoms with E-state index in [0.717, 1.165) is 48.4 Å². The first-order chi connectivity index (χ1) is 16.2. The van der Waals surface area contributed by atoms with Gasteiger partial charge in [0.1, 0.15) is 23.4 Å². The van der Waals surface area contributed by atoms with Crippen LogP contribution in [-0.2, 0) is 26.1 Å². The number of rotatable bonds is 9. The van der Waals surface area contributed by atoms with Crippen LogP contribution in [0.3, 0.4) is 0 Å². The maximum atomic E-state index is 5.95. The number of aromatic nitrogens is 2. The molecule has 0 amide bonds. The Labute approximate surface area is 195 Å². The Morgan fingerprint density at radius 3 is 2.85 bits per heavy atom. The fourth-order valence-corrected chi connectivity index (χ4v) is 3.99. The van der Waals surface area contributed by atoms with Crippen LogP contribution >= 0.6 is 0 Å². The molecule has 1 aliphatic heterocycles. The Balaban J connectivity index is 1.45. The summed E-state index contributed by atoms with van der Waals surface area (Å²) in [5.41, 5.74) is 3.47. The minimum atomic E-state index is 0.201. The first-order valence-electron chi connectivity index (χ1n) is 11.7. The van der Waals surface area contributed by atoms with Gasteiger partial charge in [-0.25, -0.2) is 9.98 Å². The predicted octanol–water partition coefficient (Wildman–Crippen LogP) is 3.91. The SMILES string of the molecule is CCNC(=NCc1cc2c(cc1OCC)CC(C)O2)NCc1nccn1Cc1ccccc1. The number of aliphatic imine (C=N–C) groups is 1. The van der Waals surface area contributed by atoms with Gasteiger partial charge in [0.25, 0.3) is 0 Å². The van der Waals surface area contributed by atoms with Crippen LogP contribution < -0.4 is 20.1 Å². The van der Waals surface area contributed by atoms with Crippen molar-refractivity contribution in [3.05, 3.63) is 77.4 Å². The highest BCUT2D eigenvalue weighted by Crippen LogP contribution is 2.35. The van der Waals surface area contributed by atoms with Crippen molar-refractivity contribution in [2.24, 2.45) is 4.99 Å². The van der Waals surface area contributed by atoms with E-state index in [1.165, 1.54) is 11.1 Å². The molecule has 0 saturated carbocycles. The molecular weight excluding hydrogens is 414 g/mol. The van der Waals surface area contributed by atoms with Gasteiger partial charge in [-0.1, -0.05) is 30.3 Å². The van der Waals surface area contributed by atoms with Crippen LogP contribution in [0.4, 0.5) is 0 Å². The molecule has 1 aliphatic rings. The van der Waals surface area contributed by atoms with Gasteiger partial charge in [0, 0.05) is 43.0 Å². The van der Waals surface area contributed by atoms with Crippen LogP contribution in [0, 0.1) is 0 Å². The van der Waals surface area contributed by atoms with Gasteiger partial charge in [0.05, 0.1) is 19.7 Å². The van der Waals surface area contributed by atoms with E-state index in [0.29, 0.717) is 19.7 Å². The van der Waals surface area contributed by atoms with E-state index in [4.69, 9.17) is 14.5 Å². The molecule has 3 aromatic rings. The predicted molar refractivity (Wildman–Crippen MR) is 131 cm³/mol. The molecule has 0 bridgehead atoms. The quantitative estimate of drug-likeness (QED) is 0.384. The second-order valence-electron chi connectivity index (χ2n) is 8.14. The lowest BCUT2D eigenvalue weighted by Gasteiger charge is -2.14. The molecule has 1 unspecified atom stereocenters. The number of hydrogen-bond donors (Lipinski definition) is 2. The molecule has 4 rings (SSSR count). The van der Waals surface area contributed by atoms with Gasteiger partial charge in [-0.15, -0.1) is 0 Å². The summed E-state index contributed by atoms with van der Waals surface area (Å²) in [6, 6.07) is 14.6. The van der Waals surface area contributed by atoms with Gasteiger partial charge in [0.2, 0.25) is 0 Å². The summed E-state index contributed by atoms with van der Waals surface area (Å²) in [6.45, 7) is 9.40. The van der Waals surface area contributed by atoms with Crippen molar-refractivity contribution in [3.63, 3.8) is 0 Å². The molecule has 2 heterocycles. The standard InChI is InChI=1S/C26H33N5O2/c1-4-27-26(30-17-25-28-11-12-31(25)18-20-9-7-6-8-10-20)29-16-22-15-24-21(13-19(3)33-24)14-23(22)32-5-2/h6-12,14-15,19H,4-5,13,16-18H2,1-3H3,(H2,27,29,30). The van der Waals surface area contributed by atoms with Gasteiger partial charge in [-0.05, 0) is 38.5 Å².